The smallest absolute Gasteiger partial charge is 0.320 e. The quantitative estimate of drug-likeness (QED) is 0.387. The molecule has 0 aliphatic heterocycles. The second kappa shape index (κ2) is 8.47. The Morgan fingerprint density at radius 1 is 1.06 bits per heavy atom. The number of hydrogen-bond donors (Lipinski definition) is 1. The lowest BCUT2D eigenvalue weighted by Gasteiger charge is -2.15. The van der Waals surface area contributed by atoms with Gasteiger partial charge in [-0.25, -0.2) is 9.67 Å². The maximum absolute atomic E-state index is 14.2. The van der Waals surface area contributed by atoms with Gasteiger partial charge in [0.05, 0.1) is 52.4 Å². The van der Waals surface area contributed by atoms with Crippen LogP contribution in [0.15, 0.2) is 61.3 Å². The standard InChI is InChI=1S/C22H14ClF3N8O/c1-12-17(8-16(23)20(31-12)34-28-6-7-29-34)32-21(35)15-10-30-33(19(15)22(24,25)26)18-11-27-9-13-4-2-3-5-14(13)18/h2-11H,1H3,(H,32,35). The van der Waals surface area contributed by atoms with Crippen LogP contribution < -0.4 is 5.32 Å². The lowest BCUT2D eigenvalue weighted by molar-refractivity contribution is -0.143. The van der Waals surface area contributed by atoms with E-state index in [2.05, 4.69) is 30.6 Å². The van der Waals surface area contributed by atoms with Crippen LogP contribution in [0.4, 0.5) is 18.9 Å². The third-order valence-electron chi connectivity index (χ3n) is 5.16. The SMILES string of the molecule is Cc1nc(-n2nccn2)c(Cl)cc1NC(=O)c1cnn(-c2cncc3ccccc23)c1C(F)(F)F. The summed E-state index contributed by atoms with van der Waals surface area (Å²) in [4.78, 5) is 22.5. The molecule has 0 bridgehead atoms. The summed E-state index contributed by atoms with van der Waals surface area (Å²) in [7, 11) is 0. The lowest BCUT2D eigenvalue weighted by atomic mass is 10.1. The van der Waals surface area contributed by atoms with E-state index in [4.69, 9.17) is 11.6 Å². The largest absolute Gasteiger partial charge is 0.434 e. The second-order valence-electron chi connectivity index (χ2n) is 7.40. The van der Waals surface area contributed by atoms with Crippen molar-refractivity contribution in [1.82, 2.24) is 34.7 Å². The number of fused-ring (bicyclic) bond motifs is 1. The Labute approximate surface area is 200 Å². The number of pyridine rings is 2. The summed E-state index contributed by atoms with van der Waals surface area (Å²) in [5.74, 6) is -0.817. The summed E-state index contributed by atoms with van der Waals surface area (Å²) in [6.45, 7) is 1.56. The first-order chi connectivity index (χ1) is 16.7. The number of alkyl halides is 3. The first kappa shape index (κ1) is 22.5. The van der Waals surface area contributed by atoms with E-state index in [1.54, 1.807) is 31.2 Å². The van der Waals surface area contributed by atoms with Gasteiger partial charge in [0.2, 0.25) is 0 Å². The number of carbonyl (C=O) groups is 1. The average molecular weight is 499 g/mol. The molecule has 0 aliphatic rings. The van der Waals surface area contributed by atoms with Crippen LogP contribution in [0, 0.1) is 6.92 Å². The van der Waals surface area contributed by atoms with Gasteiger partial charge in [-0.15, -0.1) is 4.80 Å². The van der Waals surface area contributed by atoms with Gasteiger partial charge in [-0.1, -0.05) is 35.9 Å². The van der Waals surface area contributed by atoms with E-state index in [-0.39, 0.29) is 22.2 Å². The average Bonchev–Trinajstić information content (AvgIpc) is 3.51. The van der Waals surface area contributed by atoms with Crippen LogP contribution in [-0.2, 0) is 6.18 Å². The molecule has 0 fully saturated rings. The molecular formula is C22H14ClF3N8O. The summed E-state index contributed by atoms with van der Waals surface area (Å²) in [6, 6.07) is 8.18. The van der Waals surface area contributed by atoms with Gasteiger partial charge in [0.25, 0.3) is 5.91 Å². The van der Waals surface area contributed by atoms with Crippen LogP contribution in [-0.4, -0.2) is 40.6 Å². The Balaban J connectivity index is 1.55. The predicted molar refractivity (Wildman–Crippen MR) is 121 cm³/mol. The van der Waals surface area contributed by atoms with Crippen molar-refractivity contribution in [2.45, 2.75) is 13.1 Å². The molecule has 1 amide bonds. The van der Waals surface area contributed by atoms with Gasteiger partial charge < -0.3 is 5.32 Å². The molecule has 35 heavy (non-hydrogen) atoms. The highest BCUT2D eigenvalue weighted by Crippen LogP contribution is 2.35. The Hall–Kier alpha value is -4.32. The molecule has 4 aromatic heterocycles. The van der Waals surface area contributed by atoms with Gasteiger partial charge in [-0.3, -0.25) is 9.78 Å². The molecule has 1 aromatic carbocycles. The van der Waals surface area contributed by atoms with Crippen molar-refractivity contribution in [2.24, 2.45) is 0 Å². The zero-order chi connectivity index (χ0) is 24.7. The summed E-state index contributed by atoms with van der Waals surface area (Å²) in [5.41, 5.74) is -1.38. The van der Waals surface area contributed by atoms with E-state index in [1.165, 1.54) is 35.7 Å². The first-order valence-corrected chi connectivity index (χ1v) is 10.5. The Kier molecular flexibility index (Phi) is 5.44. The number of carbonyl (C=O) groups excluding carboxylic acids is 1. The zero-order valence-corrected chi connectivity index (χ0v) is 18.6. The van der Waals surface area contributed by atoms with Crippen molar-refractivity contribution >= 4 is 34.0 Å². The van der Waals surface area contributed by atoms with Crippen molar-refractivity contribution in [1.29, 1.82) is 0 Å². The molecule has 176 valence electrons. The molecule has 5 rings (SSSR count). The Morgan fingerprint density at radius 2 is 1.80 bits per heavy atom. The molecule has 5 aromatic rings. The minimum absolute atomic E-state index is 0.0893. The molecule has 13 heteroatoms. The number of hydrogen-bond acceptors (Lipinski definition) is 6. The van der Waals surface area contributed by atoms with E-state index in [1.807, 2.05) is 0 Å². The fourth-order valence-electron chi connectivity index (χ4n) is 3.59. The molecule has 0 saturated carbocycles. The predicted octanol–water partition coefficient (Wildman–Crippen LogP) is 4.63. The maximum atomic E-state index is 14.2. The normalized spacial score (nSPS) is 11.7. The molecule has 0 unspecified atom stereocenters. The van der Waals surface area contributed by atoms with Crippen molar-refractivity contribution < 1.29 is 18.0 Å². The van der Waals surface area contributed by atoms with Crippen molar-refractivity contribution in [3.05, 3.63) is 83.3 Å². The van der Waals surface area contributed by atoms with Crippen molar-refractivity contribution in [3.63, 3.8) is 0 Å². The van der Waals surface area contributed by atoms with Gasteiger partial charge in [0, 0.05) is 17.0 Å². The number of nitrogens with one attached hydrogen (secondary N) is 1. The number of aryl methyl sites for hydroxylation is 1. The summed E-state index contributed by atoms with van der Waals surface area (Å²) < 4.78 is 43.2. The highest BCUT2D eigenvalue weighted by atomic mass is 35.5. The Morgan fingerprint density at radius 3 is 2.54 bits per heavy atom. The molecule has 0 radical (unpaired) electrons. The molecule has 0 aliphatic carbocycles. The number of rotatable bonds is 4. The highest BCUT2D eigenvalue weighted by Gasteiger charge is 2.41. The number of nitrogens with zero attached hydrogens (tertiary/aromatic N) is 7. The summed E-state index contributed by atoms with van der Waals surface area (Å²) >= 11 is 6.25. The van der Waals surface area contributed by atoms with Crippen LogP contribution in [0.25, 0.3) is 22.3 Å². The van der Waals surface area contributed by atoms with Gasteiger partial charge in [-0.05, 0) is 13.0 Å². The monoisotopic (exact) mass is 498 g/mol. The van der Waals surface area contributed by atoms with Crippen LogP contribution in [0.3, 0.4) is 0 Å². The van der Waals surface area contributed by atoms with E-state index >= 15 is 0 Å². The lowest BCUT2D eigenvalue weighted by Crippen LogP contribution is -2.21. The van der Waals surface area contributed by atoms with E-state index in [0.29, 0.717) is 21.1 Å². The molecule has 0 saturated heterocycles. The third kappa shape index (κ3) is 4.08. The van der Waals surface area contributed by atoms with E-state index in [9.17, 15) is 18.0 Å². The molecule has 9 nitrogen and oxygen atoms in total. The van der Waals surface area contributed by atoms with Gasteiger partial charge in [-0.2, -0.15) is 28.5 Å². The number of aromatic nitrogens is 7. The minimum atomic E-state index is -4.89. The molecule has 1 N–H and O–H groups in total. The van der Waals surface area contributed by atoms with Crippen molar-refractivity contribution in [2.75, 3.05) is 5.32 Å². The molecule has 0 spiro atoms. The third-order valence-corrected chi connectivity index (χ3v) is 5.44. The maximum Gasteiger partial charge on any atom is 0.434 e. The van der Waals surface area contributed by atoms with Crippen LogP contribution in [0.5, 0.6) is 0 Å². The zero-order valence-electron chi connectivity index (χ0n) is 17.8. The molecule has 4 heterocycles. The van der Waals surface area contributed by atoms with Crippen LogP contribution in [0.2, 0.25) is 5.02 Å². The summed E-state index contributed by atoms with van der Waals surface area (Å²) in [6.07, 6.45) is 1.65. The highest BCUT2D eigenvalue weighted by molar-refractivity contribution is 6.32. The first-order valence-electron chi connectivity index (χ1n) is 10.1. The van der Waals surface area contributed by atoms with E-state index < -0.39 is 23.3 Å². The summed E-state index contributed by atoms with van der Waals surface area (Å²) in [5, 5.41) is 15.5. The fraction of sp³-hybridized carbons (Fsp3) is 0.0909. The fourth-order valence-corrected chi connectivity index (χ4v) is 3.82. The molecule has 0 atom stereocenters. The van der Waals surface area contributed by atoms with E-state index in [0.717, 1.165) is 6.20 Å². The molecular weight excluding hydrogens is 485 g/mol. The topological polar surface area (TPSA) is 103 Å². The van der Waals surface area contributed by atoms with Crippen LogP contribution in [0.1, 0.15) is 21.7 Å². The number of amides is 1. The number of anilines is 1. The number of halogens is 4. The second-order valence-corrected chi connectivity index (χ2v) is 7.80. The van der Waals surface area contributed by atoms with Gasteiger partial charge in [0.15, 0.2) is 11.5 Å². The Bertz CT molecular complexity index is 1560. The van der Waals surface area contributed by atoms with Crippen LogP contribution >= 0.6 is 11.6 Å². The van der Waals surface area contributed by atoms with Gasteiger partial charge in [0.1, 0.15) is 0 Å². The minimum Gasteiger partial charge on any atom is -0.320 e. The van der Waals surface area contributed by atoms with Crippen molar-refractivity contribution in [3.8, 4) is 11.5 Å². The number of benzene rings is 1. The van der Waals surface area contributed by atoms with Gasteiger partial charge >= 0.3 is 6.18 Å².